The molecule has 0 radical (unpaired) electrons. The first-order valence-corrected chi connectivity index (χ1v) is 13.1. The fraction of sp³-hybridized carbons (Fsp3) is 0.267. The van der Waals surface area contributed by atoms with Crippen molar-refractivity contribution in [2.24, 2.45) is 0 Å². The molecule has 1 unspecified atom stereocenters. The van der Waals surface area contributed by atoms with Crippen LogP contribution in [-0.4, -0.2) is 41.2 Å². The maximum atomic E-state index is 13.7. The van der Waals surface area contributed by atoms with Gasteiger partial charge in [0.05, 0.1) is 6.04 Å². The summed E-state index contributed by atoms with van der Waals surface area (Å²) in [6, 6.07) is 24.3. The number of thiophene rings is 1. The fourth-order valence-electron chi connectivity index (χ4n) is 4.97. The molecule has 0 aliphatic carbocycles. The molecular formula is C30H30N2O2S. The van der Waals surface area contributed by atoms with Crippen molar-refractivity contribution in [3.63, 3.8) is 0 Å². The third-order valence-electron chi connectivity index (χ3n) is 6.78. The summed E-state index contributed by atoms with van der Waals surface area (Å²) < 4.78 is 0. The molecule has 5 heteroatoms. The number of nitrogens with zero attached hydrogens (tertiary/aromatic N) is 2. The second-order valence-electron chi connectivity index (χ2n) is 9.24. The molecule has 0 saturated heterocycles. The van der Waals surface area contributed by atoms with Crippen molar-refractivity contribution in [2.45, 2.75) is 32.7 Å². The minimum atomic E-state index is -0.114. The molecule has 3 aromatic carbocycles. The normalized spacial score (nSPS) is 15.1. The minimum Gasteiger partial charge on any atom is -0.330 e. The van der Waals surface area contributed by atoms with Crippen molar-refractivity contribution in [1.82, 2.24) is 9.80 Å². The molecule has 0 N–H and O–H groups in total. The Hall–Kier alpha value is -3.44. The van der Waals surface area contributed by atoms with Crippen molar-refractivity contribution >= 4 is 33.9 Å². The van der Waals surface area contributed by atoms with Crippen LogP contribution in [0, 0.1) is 6.92 Å². The highest BCUT2D eigenvalue weighted by Crippen LogP contribution is 2.38. The molecule has 35 heavy (non-hydrogen) atoms. The lowest BCUT2D eigenvalue weighted by atomic mass is 9.92. The Bertz CT molecular complexity index is 1360. The van der Waals surface area contributed by atoms with E-state index in [1.807, 2.05) is 54.3 Å². The van der Waals surface area contributed by atoms with Crippen LogP contribution in [0.5, 0.6) is 0 Å². The maximum Gasteiger partial charge on any atom is 0.254 e. The van der Waals surface area contributed by atoms with Crippen LogP contribution < -0.4 is 0 Å². The lowest BCUT2D eigenvalue weighted by molar-refractivity contribution is -0.134. The van der Waals surface area contributed by atoms with Crippen molar-refractivity contribution < 1.29 is 9.59 Å². The average molecular weight is 483 g/mol. The SMILES string of the molecule is CCCN(CC(=O)N1CCc2sccc2C1c1ccc(C)cc1)C(=O)c1ccc2ccccc2c1. The highest BCUT2D eigenvalue weighted by atomic mass is 32.1. The molecule has 1 atom stereocenters. The van der Waals surface area contributed by atoms with Gasteiger partial charge in [-0.25, -0.2) is 0 Å². The van der Waals surface area contributed by atoms with E-state index in [4.69, 9.17) is 0 Å². The predicted molar refractivity (Wildman–Crippen MR) is 143 cm³/mol. The number of hydrogen-bond donors (Lipinski definition) is 0. The standard InChI is InChI=1S/C30H30N2O2S/c1-3-16-31(30(34)25-13-12-22-6-4-5-7-24(22)19-25)20-28(33)32-17-14-27-26(15-18-35-27)29(32)23-10-8-21(2)9-11-23/h4-13,15,18-19,29H,3,14,16-17,20H2,1-2H3. The maximum absolute atomic E-state index is 13.7. The van der Waals surface area contributed by atoms with E-state index >= 15 is 0 Å². The minimum absolute atomic E-state index is 0.00462. The zero-order chi connectivity index (χ0) is 24.4. The molecule has 0 saturated carbocycles. The number of aryl methyl sites for hydroxylation is 1. The van der Waals surface area contributed by atoms with E-state index in [1.54, 1.807) is 16.2 Å². The monoisotopic (exact) mass is 482 g/mol. The van der Waals surface area contributed by atoms with Gasteiger partial charge in [0.1, 0.15) is 6.54 Å². The summed E-state index contributed by atoms with van der Waals surface area (Å²) in [6.07, 6.45) is 1.65. The van der Waals surface area contributed by atoms with E-state index in [0.29, 0.717) is 18.7 Å². The summed E-state index contributed by atoms with van der Waals surface area (Å²) in [4.78, 5) is 32.3. The van der Waals surface area contributed by atoms with Crippen molar-refractivity contribution in [3.8, 4) is 0 Å². The summed E-state index contributed by atoms with van der Waals surface area (Å²) in [6.45, 7) is 5.41. The van der Waals surface area contributed by atoms with Crippen LogP contribution in [0.25, 0.3) is 10.8 Å². The number of fused-ring (bicyclic) bond motifs is 2. The molecule has 0 fully saturated rings. The van der Waals surface area contributed by atoms with Crippen LogP contribution in [0.15, 0.2) is 78.2 Å². The van der Waals surface area contributed by atoms with Crippen molar-refractivity contribution in [2.75, 3.05) is 19.6 Å². The van der Waals surface area contributed by atoms with Gasteiger partial charge in [-0.3, -0.25) is 9.59 Å². The van der Waals surface area contributed by atoms with Crippen LogP contribution in [0.2, 0.25) is 0 Å². The number of rotatable bonds is 6. The topological polar surface area (TPSA) is 40.6 Å². The van der Waals surface area contributed by atoms with E-state index < -0.39 is 0 Å². The number of benzene rings is 3. The summed E-state index contributed by atoms with van der Waals surface area (Å²) >= 11 is 1.76. The summed E-state index contributed by atoms with van der Waals surface area (Å²) in [5.41, 5.74) is 4.15. The zero-order valence-electron chi connectivity index (χ0n) is 20.2. The second-order valence-corrected chi connectivity index (χ2v) is 10.2. The lowest BCUT2D eigenvalue weighted by Crippen LogP contribution is -2.47. The first-order valence-electron chi connectivity index (χ1n) is 12.3. The molecule has 2 amide bonds. The summed E-state index contributed by atoms with van der Waals surface area (Å²) in [5.74, 6) is -0.0962. The van der Waals surface area contributed by atoms with E-state index in [-0.39, 0.29) is 24.4 Å². The van der Waals surface area contributed by atoms with E-state index in [0.717, 1.165) is 29.2 Å². The fourth-order valence-corrected chi connectivity index (χ4v) is 5.88. The molecule has 1 aromatic heterocycles. The molecule has 5 rings (SSSR count). The second kappa shape index (κ2) is 10.0. The Balaban J connectivity index is 1.42. The zero-order valence-corrected chi connectivity index (χ0v) is 21.1. The summed E-state index contributed by atoms with van der Waals surface area (Å²) in [5, 5.41) is 4.25. The van der Waals surface area contributed by atoms with Crippen LogP contribution in [-0.2, 0) is 11.2 Å². The van der Waals surface area contributed by atoms with Gasteiger partial charge in [0.15, 0.2) is 0 Å². The van der Waals surface area contributed by atoms with Gasteiger partial charge in [-0.2, -0.15) is 0 Å². The van der Waals surface area contributed by atoms with Gasteiger partial charge in [0.2, 0.25) is 5.91 Å². The molecule has 4 aromatic rings. The smallest absolute Gasteiger partial charge is 0.254 e. The largest absolute Gasteiger partial charge is 0.330 e. The Morgan fingerprint density at radius 2 is 1.77 bits per heavy atom. The van der Waals surface area contributed by atoms with Gasteiger partial charge in [-0.1, -0.05) is 67.1 Å². The number of carbonyl (C=O) groups is 2. The molecule has 2 heterocycles. The van der Waals surface area contributed by atoms with Gasteiger partial charge < -0.3 is 9.80 Å². The quantitative estimate of drug-likeness (QED) is 0.327. The third kappa shape index (κ3) is 4.73. The van der Waals surface area contributed by atoms with Crippen LogP contribution in [0.1, 0.15) is 51.3 Å². The number of amides is 2. The van der Waals surface area contributed by atoms with Crippen LogP contribution >= 0.6 is 11.3 Å². The molecule has 0 bridgehead atoms. The Morgan fingerprint density at radius 1 is 1.00 bits per heavy atom. The van der Waals surface area contributed by atoms with Crippen molar-refractivity contribution in [3.05, 3.63) is 105 Å². The predicted octanol–water partition coefficient (Wildman–Crippen LogP) is 6.24. The third-order valence-corrected chi connectivity index (χ3v) is 7.78. The first-order chi connectivity index (χ1) is 17.0. The molecule has 1 aliphatic rings. The first kappa shape index (κ1) is 23.3. The number of hydrogen-bond acceptors (Lipinski definition) is 3. The Morgan fingerprint density at radius 3 is 2.54 bits per heavy atom. The van der Waals surface area contributed by atoms with Gasteiger partial charge in [0.25, 0.3) is 5.91 Å². The number of carbonyl (C=O) groups excluding carboxylic acids is 2. The average Bonchev–Trinajstić information content (AvgIpc) is 3.37. The Kier molecular flexibility index (Phi) is 6.69. The van der Waals surface area contributed by atoms with E-state index in [9.17, 15) is 9.59 Å². The van der Waals surface area contributed by atoms with E-state index in [1.165, 1.54) is 16.0 Å². The van der Waals surface area contributed by atoms with Crippen LogP contribution in [0.4, 0.5) is 0 Å². The molecule has 0 spiro atoms. The van der Waals surface area contributed by atoms with Gasteiger partial charge in [-0.15, -0.1) is 11.3 Å². The van der Waals surface area contributed by atoms with Gasteiger partial charge in [0, 0.05) is 23.5 Å². The Labute approximate surface area is 210 Å². The van der Waals surface area contributed by atoms with Crippen LogP contribution in [0.3, 0.4) is 0 Å². The van der Waals surface area contributed by atoms with Gasteiger partial charge in [-0.05, 0) is 65.2 Å². The lowest BCUT2D eigenvalue weighted by Gasteiger charge is -2.37. The van der Waals surface area contributed by atoms with Gasteiger partial charge >= 0.3 is 0 Å². The van der Waals surface area contributed by atoms with Crippen molar-refractivity contribution in [1.29, 1.82) is 0 Å². The molecule has 1 aliphatic heterocycles. The summed E-state index contributed by atoms with van der Waals surface area (Å²) in [7, 11) is 0. The van der Waals surface area contributed by atoms with E-state index in [2.05, 4.69) is 42.6 Å². The highest BCUT2D eigenvalue weighted by Gasteiger charge is 2.34. The molecule has 4 nitrogen and oxygen atoms in total. The molecular weight excluding hydrogens is 452 g/mol. The molecule has 178 valence electrons. The highest BCUT2D eigenvalue weighted by molar-refractivity contribution is 7.10.